The van der Waals surface area contributed by atoms with Crippen molar-refractivity contribution in [3.8, 4) is 0 Å². The molecule has 3 aromatic carbocycles. The van der Waals surface area contributed by atoms with Crippen LogP contribution in [0.15, 0.2) is 66.7 Å². The van der Waals surface area contributed by atoms with Crippen molar-refractivity contribution in [3.05, 3.63) is 105 Å². The molecule has 0 radical (unpaired) electrons. The zero-order chi connectivity index (χ0) is 26.3. The van der Waals surface area contributed by atoms with Crippen molar-refractivity contribution in [1.29, 1.82) is 0 Å². The highest BCUT2D eigenvalue weighted by Crippen LogP contribution is 2.26. The van der Waals surface area contributed by atoms with E-state index in [4.69, 9.17) is 11.6 Å². The third-order valence-electron chi connectivity index (χ3n) is 8.52. The van der Waals surface area contributed by atoms with Gasteiger partial charge in [-0.15, -0.1) is 0 Å². The minimum Gasteiger partial charge on any atom is -0.299 e. The number of halogens is 1. The quantitative estimate of drug-likeness (QED) is 0.264. The molecule has 2 heterocycles. The van der Waals surface area contributed by atoms with E-state index in [9.17, 15) is 4.79 Å². The molecule has 0 bridgehead atoms. The van der Waals surface area contributed by atoms with E-state index in [1.807, 2.05) is 12.1 Å². The Morgan fingerprint density at radius 1 is 0.895 bits per heavy atom. The van der Waals surface area contributed by atoms with E-state index in [1.54, 1.807) is 0 Å². The van der Waals surface area contributed by atoms with Crippen molar-refractivity contribution < 1.29 is 4.79 Å². The molecule has 200 valence electrons. The van der Waals surface area contributed by atoms with Crippen molar-refractivity contribution in [2.45, 2.75) is 71.5 Å². The van der Waals surface area contributed by atoms with Crippen LogP contribution in [0.25, 0.3) is 0 Å². The predicted octanol–water partition coefficient (Wildman–Crippen LogP) is 7.86. The van der Waals surface area contributed by atoms with Crippen LogP contribution in [0.3, 0.4) is 0 Å². The molecule has 0 unspecified atom stereocenters. The minimum atomic E-state index is 0.306. The predicted molar refractivity (Wildman–Crippen MR) is 158 cm³/mol. The molecule has 4 heteroatoms. The average molecular weight is 529 g/mol. The van der Waals surface area contributed by atoms with Crippen LogP contribution in [0.4, 0.5) is 0 Å². The van der Waals surface area contributed by atoms with Crippen LogP contribution in [-0.4, -0.2) is 35.2 Å². The molecular weight excluding hydrogens is 488 g/mol. The van der Waals surface area contributed by atoms with Crippen molar-refractivity contribution in [2.75, 3.05) is 19.6 Å². The van der Waals surface area contributed by atoms with Gasteiger partial charge in [0.2, 0.25) is 0 Å². The number of hydrogen-bond acceptors (Lipinski definition) is 3. The van der Waals surface area contributed by atoms with Gasteiger partial charge in [0.05, 0.1) is 0 Å². The summed E-state index contributed by atoms with van der Waals surface area (Å²) in [6.45, 7) is 8.45. The Hall–Kier alpha value is -2.46. The summed E-state index contributed by atoms with van der Waals surface area (Å²) in [6, 6.07) is 23.4. The molecule has 0 atom stereocenters. The first-order valence-corrected chi connectivity index (χ1v) is 14.8. The molecule has 0 aromatic heterocycles. The molecule has 1 saturated heterocycles. The number of benzene rings is 3. The minimum absolute atomic E-state index is 0.306. The Bertz CT molecular complexity index is 1230. The highest BCUT2D eigenvalue weighted by atomic mass is 35.5. The van der Waals surface area contributed by atoms with Gasteiger partial charge in [-0.05, 0) is 117 Å². The van der Waals surface area contributed by atoms with E-state index in [1.165, 1.54) is 47.1 Å². The second-order valence-electron chi connectivity index (χ2n) is 11.4. The molecule has 3 nitrogen and oxygen atoms in total. The summed E-state index contributed by atoms with van der Waals surface area (Å²) in [7, 11) is 0. The van der Waals surface area contributed by atoms with Gasteiger partial charge in [-0.25, -0.2) is 0 Å². The van der Waals surface area contributed by atoms with Gasteiger partial charge < -0.3 is 0 Å². The van der Waals surface area contributed by atoms with E-state index < -0.39 is 0 Å². The highest BCUT2D eigenvalue weighted by molar-refractivity contribution is 6.30. The number of aryl methyl sites for hydroxylation is 2. The number of piperidine rings is 1. The number of fused-ring (bicyclic) bond motifs is 1. The maximum absolute atomic E-state index is 13.1. The monoisotopic (exact) mass is 528 g/mol. The van der Waals surface area contributed by atoms with E-state index in [-0.39, 0.29) is 0 Å². The zero-order valence-corrected chi connectivity index (χ0v) is 23.6. The second kappa shape index (κ2) is 13.1. The fraction of sp³-hybridized carbons (Fsp3) is 0.441. The molecule has 5 rings (SSSR count). The van der Waals surface area contributed by atoms with E-state index >= 15 is 0 Å². The van der Waals surface area contributed by atoms with Gasteiger partial charge in [0, 0.05) is 36.6 Å². The standard InChI is InChI=1S/C34H41ClN2O/c1-26-7-2-3-10-31(26)24-37-18-6-11-29-14-15-30(22-32(29)25-37)34(38)13-5-8-27-16-19-36(20-17-27)23-28-9-4-12-33(35)21-28/h2-4,7,9-10,12,14-15,21-22,27H,5-6,8,11,13,16-20,23-25H2,1H3. The summed E-state index contributed by atoms with van der Waals surface area (Å²) in [5.41, 5.74) is 7.71. The third-order valence-corrected chi connectivity index (χ3v) is 8.75. The molecule has 0 aliphatic carbocycles. The number of Topliss-reactive ketones (excluding diaryl/α,β-unsaturated/α-hetero) is 1. The molecule has 0 amide bonds. The van der Waals surface area contributed by atoms with Crippen molar-refractivity contribution in [1.82, 2.24) is 9.80 Å². The summed E-state index contributed by atoms with van der Waals surface area (Å²) in [5.74, 6) is 1.04. The van der Waals surface area contributed by atoms with Crippen molar-refractivity contribution >= 4 is 17.4 Å². The first-order valence-electron chi connectivity index (χ1n) is 14.4. The Morgan fingerprint density at radius 3 is 2.55 bits per heavy atom. The Kier molecular flexibility index (Phi) is 9.32. The van der Waals surface area contributed by atoms with Crippen LogP contribution in [0.2, 0.25) is 5.02 Å². The topological polar surface area (TPSA) is 23.6 Å². The molecular formula is C34H41ClN2O. The van der Waals surface area contributed by atoms with Gasteiger partial charge in [0.25, 0.3) is 0 Å². The van der Waals surface area contributed by atoms with Gasteiger partial charge >= 0.3 is 0 Å². The first kappa shape index (κ1) is 27.1. The lowest BCUT2D eigenvalue weighted by molar-refractivity contribution is 0.0974. The summed E-state index contributed by atoms with van der Waals surface area (Å²) >= 11 is 6.15. The highest BCUT2D eigenvalue weighted by Gasteiger charge is 2.21. The lowest BCUT2D eigenvalue weighted by atomic mass is 9.90. The smallest absolute Gasteiger partial charge is 0.162 e. The Morgan fingerprint density at radius 2 is 1.74 bits per heavy atom. The molecule has 38 heavy (non-hydrogen) atoms. The molecule has 0 spiro atoms. The third kappa shape index (κ3) is 7.34. The molecule has 3 aromatic rings. The molecule has 0 saturated carbocycles. The van der Waals surface area contributed by atoms with Crippen LogP contribution < -0.4 is 0 Å². The fourth-order valence-electron chi connectivity index (χ4n) is 6.19. The Balaban J connectivity index is 1.09. The van der Waals surface area contributed by atoms with Crippen LogP contribution in [0.1, 0.15) is 76.7 Å². The Labute approximate surface area is 233 Å². The SMILES string of the molecule is Cc1ccccc1CN1CCCc2ccc(C(=O)CCCC3CCN(Cc4cccc(Cl)c4)CC3)cc2C1. The van der Waals surface area contributed by atoms with Gasteiger partial charge in [-0.3, -0.25) is 14.6 Å². The average Bonchev–Trinajstić information content (AvgIpc) is 3.12. The normalized spacial score (nSPS) is 17.2. The largest absolute Gasteiger partial charge is 0.299 e. The van der Waals surface area contributed by atoms with Crippen molar-refractivity contribution in [3.63, 3.8) is 0 Å². The number of ketones is 1. The number of carbonyl (C=O) groups excluding carboxylic acids is 1. The van der Waals surface area contributed by atoms with Gasteiger partial charge in [0.1, 0.15) is 0 Å². The number of rotatable bonds is 9. The van der Waals surface area contributed by atoms with Crippen LogP contribution in [0, 0.1) is 12.8 Å². The molecule has 2 aliphatic heterocycles. The first-order chi connectivity index (χ1) is 18.5. The van der Waals surface area contributed by atoms with Crippen LogP contribution in [-0.2, 0) is 26.1 Å². The molecule has 1 fully saturated rings. The fourth-order valence-corrected chi connectivity index (χ4v) is 6.40. The van der Waals surface area contributed by atoms with Gasteiger partial charge in [-0.2, -0.15) is 0 Å². The van der Waals surface area contributed by atoms with E-state index in [0.29, 0.717) is 12.2 Å². The number of likely N-dealkylation sites (tertiary alicyclic amines) is 1. The number of nitrogens with zero attached hydrogens (tertiary/aromatic N) is 2. The maximum Gasteiger partial charge on any atom is 0.162 e. The summed E-state index contributed by atoms with van der Waals surface area (Å²) in [6.07, 6.45) is 7.54. The molecule has 2 aliphatic rings. The zero-order valence-electron chi connectivity index (χ0n) is 22.8. The second-order valence-corrected chi connectivity index (χ2v) is 11.8. The van der Waals surface area contributed by atoms with Crippen LogP contribution in [0.5, 0.6) is 0 Å². The van der Waals surface area contributed by atoms with Crippen molar-refractivity contribution in [2.24, 2.45) is 5.92 Å². The summed E-state index contributed by atoms with van der Waals surface area (Å²) in [4.78, 5) is 18.2. The van der Waals surface area contributed by atoms with Crippen LogP contribution >= 0.6 is 11.6 Å². The summed E-state index contributed by atoms with van der Waals surface area (Å²) < 4.78 is 0. The lowest BCUT2D eigenvalue weighted by Crippen LogP contribution is -2.33. The van der Waals surface area contributed by atoms with Gasteiger partial charge in [-0.1, -0.05) is 60.1 Å². The lowest BCUT2D eigenvalue weighted by Gasteiger charge is -2.32. The maximum atomic E-state index is 13.1. The molecule has 0 N–H and O–H groups in total. The van der Waals surface area contributed by atoms with E-state index in [2.05, 4.69) is 71.3 Å². The number of carbonyl (C=O) groups is 1. The number of hydrogen-bond donors (Lipinski definition) is 0. The van der Waals surface area contributed by atoms with Gasteiger partial charge in [0.15, 0.2) is 5.78 Å². The summed E-state index contributed by atoms with van der Waals surface area (Å²) in [5, 5.41) is 0.816. The van der Waals surface area contributed by atoms with E-state index in [0.717, 1.165) is 75.0 Å².